The van der Waals surface area contributed by atoms with Crippen molar-refractivity contribution in [3.63, 3.8) is 0 Å². The number of carbonyl (C=O) groups excluding carboxylic acids is 1. The minimum atomic E-state index is 0.0759. The third-order valence-corrected chi connectivity index (χ3v) is 6.09. The summed E-state index contributed by atoms with van der Waals surface area (Å²) in [7, 11) is 0. The second-order valence-electron chi connectivity index (χ2n) is 6.71. The van der Waals surface area contributed by atoms with E-state index < -0.39 is 0 Å². The first kappa shape index (κ1) is 18.8. The van der Waals surface area contributed by atoms with Crippen molar-refractivity contribution in [1.29, 1.82) is 0 Å². The van der Waals surface area contributed by atoms with Crippen LogP contribution in [0.2, 0.25) is 5.02 Å². The molecule has 28 heavy (non-hydrogen) atoms. The molecule has 1 fully saturated rings. The van der Waals surface area contributed by atoms with Crippen LogP contribution in [-0.4, -0.2) is 52.2 Å². The largest absolute Gasteiger partial charge is 0.352 e. The normalized spacial score (nSPS) is 14.4. The lowest BCUT2D eigenvalue weighted by Gasteiger charge is -2.35. The van der Waals surface area contributed by atoms with Crippen molar-refractivity contribution in [2.45, 2.75) is 13.8 Å². The fourth-order valence-electron chi connectivity index (χ4n) is 3.28. The van der Waals surface area contributed by atoms with Crippen LogP contribution in [0.15, 0.2) is 36.4 Å². The average Bonchev–Trinajstić information content (AvgIpc) is 3.06. The highest BCUT2D eigenvalue weighted by Gasteiger charge is 2.25. The van der Waals surface area contributed by atoms with Gasteiger partial charge in [0, 0.05) is 36.8 Å². The van der Waals surface area contributed by atoms with Gasteiger partial charge in [-0.2, -0.15) is 0 Å². The lowest BCUT2D eigenvalue weighted by molar-refractivity contribution is 0.0750. The van der Waals surface area contributed by atoms with Gasteiger partial charge in [-0.15, -0.1) is 21.5 Å². The van der Waals surface area contributed by atoms with Crippen LogP contribution in [0.5, 0.6) is 0 Å². The highest BCUT2D eigenvalue weighted by Crippen LogP contribution is 2.23. The van der Waals surface area contributed by atoms with Crippen LogP contribution >= 0.6 is 22.9 Å². The summed E-state index contributed by atoms with van der Waals surface area (Å²) in [6, 6.07) is 11.5. The Morgan fingerprint density at radius 1 is 1.00 bits per heavy atom. The molecular formula is C20H20ClN5OS. The van der Waals surface area contributed by atoms with Crippen molar-refractivity contribution in [2.75, 3.05) is 31.1 Å². The summed E-state index contributed by atoms with van der Waals surface area (Å²) >= 11 is 7.40. The molecule has 0 unspecified atom stereocenters. The Labute approximate surface area is 172 Å². The molecule has 1 amide bonds. The topological polar surface area (TPSA) is 62.2 Å². The summed E-state index contributed by atoms with van der Waals surface area (Å²) in [6.45, 7) is 6.62. The van der Waals surface area contributed by atoms with Gasteiger partial charge >= 0.3 is 0 Å². The van der Waals surface area contributed by atoms with E-state index in [-0.39, 0.29) is 5.91 Å². The number of aryl methyl sites for hydroxylation is 2. The van der Waals surface area contributed by atoms with E-state index in [2.05, 4.69) is 20.1 Å². The van der Waals surface area contributed by atoms with Crippen LogP contribution in [0.4, 0.5) is 5.82 Å². The zero-order chi connectivity index (χ0) is 19.7. The van der Waals surface area contributed by atoms with Gasteiger partial charge in [0.15, 0.2) is 5.82 Å². The summed E-state index contributed by atoms with van der Waals surface area (Å²) in [6.07, 6.45) is 0. The van der Waals surface area contributed by atoms with Crippen molar-refractivity contribution in [3.05, 3.63) is 57.0 Å². The van der Waals surface area contributed by atoms with Crippen molar-refractivity contribution in [2.24, 2.45) is 0 Å². The maximum atomic E-state index is 12.7. The molecule has 6 nitrogen and oxygen atoms in total. The Balaban J connectivity index is 1.40. The van der Waals surface area contributed by atoms with E-state index in [9.17, 15) is 4.79 Å². The highest BCUT2D eigenvalue weighted by molar-refractivity contribution is 7.13. The third kappa shape index (κ3) is 3.86. The number of rotatable bonds is 3. The van der Waals surface area contributed by atoms with Crippen molar-refractivity contribution >= 4 is 34.7 Å². The Morgan fingerprint density at radius 3 is 2.29 bits per heavy atom. The van der Waals surface area contributed by atoms with Gasteiger partial charge in [0.2, 0.25) is 0 Å². The average molecular weight is 414 g/mol. The molecule has 144 valence electrons. The molecule has 0 atom stereocenters. The SMILES string of the molecule is Cc1nc(C)c(C(=O)N2CCN(c3ccc(-c4ccc(Cl)cc4)nn3)CC2)s1. The molecule has 3 heterocycles. The van der Waals surface area contributed by atoms with Gasteiger partial charge in [0.25, 0.3) is 5.91 Å². The summed E-state index contributed by atoms with van der Waals surface area (Å²) < 4.78 is 0. The maximum absolute atomic E-state index is 12.7. The third-order valence-electron chi connectivity index (χ3n) is 4.78. The maximum Gasteiger partial charge on any atom is 0.265 e. The number of nitrogens with zero attached hydrogens (tertiary/aromatic N) is 5. The zero-order valence-electron chi connectivity index (χ0n) is 15.7. The molecule has 8 heteroatoms. The number of piperazine rings is 1. The van der Waals surface area contributed by atoms with Crippen LogP contribution in [0.3, 0.4) is 0 Å². The molecule has 1 saturated heterocycles. The number of amides is 1. The second-order valence-corrected chi connectivity index (χ2v) is 8.35. The summed E-state index contributed by atoms with van der Waals surface area (Å²) in [5, 5.41) is 10.4. The first-order valence-corrected chi connectivity index (χ1v) is 10.3. The van der Waals surface area contributed by atoms with Gasteiger partial charge in [-0.05, 0) is 38.1 Å². The number of benzene rings is 1. The Kier molecular flexibility index (Phi) is 5.28. The lowest BCUT2D eigenvalue weighted by Crippen LogP contribution is -2.49. The number of hydrogen-bond acceptors (Lipinski definition) is 6. The van der Waals surface area contributed by atoms with E-state index in [1.54, 1.807) is 0 Å². The predicted molar refractivity (Wildman–Crippen MR) is 112 cm³/mol. The van der Waals surface area contributed by atoms with Crippen molar-refractivity contribution in [3.8, 4) is 11.3 Å². The van der Waals surface area contributed by atoms with Crippen LogP contribution < -0.4 is 4.90 Å². The van der Waals surface area contributed by atoms with Crippen LogP contribution in [0.25, 0.3) is 11.3 Å². The molecule has 0 radical (unpaired) electrons. The van der Waals surface area contributed by atoms with Gasteiger partial charge in [-0.25, -0.2) is 4.98 Å². The predicted octanol–water partition coefficient (Wildman–Crippen LogP) is 3.83. The number of aromatic nitrogens is 3. The summed E-state index contributed by atoms with van der Waals surface area (Å²) in [5.41, 5.74) is 2.61. The number of hydrogen-bond donors (Lipinski definition) is 0. The summed E-state index contributed by atoms with van der Waals surface area (Å²) in [5.74, 6) is 0.904. The Morgan fingerprint density at radius 2 is 1.71 bits per heavy atom. The van der Waals surface area contributed by atoms with E-state index in [1.165, 1.54) is 11.3 Å². The van der Waals surface area contributed by atoms with Crippen LogP contribution in [0, 0.1) is 13.8 Å². The fraction of sp³-hybridized carbons (Fsp3) is 0.300. The van der Waals surface area contributed by atoms with Crippen LogP contribution in [0.1, 0.15) is 20.4 Å². The fourth-order valence-corrected chi connectivity index (χ4v) is 4.29. The van der Waals surface area contributed by atoms with Gasteiger partial charge in [0.05, 0.1) is 16.4 Å². The summed E-state index contributed by atoms with van der Waals surface area (Å²) in [4.78, 5) is 21.9. The molecular weight excluding hydrogens is 394 g/mol. The molecule has 3 aromatic rings. The van der Waals surface area contributed by atoms with E-state index in [4.69, 9.17) is 11.6 Å². The smallest absolute Gasteiger partial charge is 0.265 e. The number of halogens is 1. The van der Waals surface area contributed by atoms with E-state index in [0.29, 0.717) is 18.1 Å². The van der Waals surface area contributed by atoms with E-state index in [1.807, 2.05) is 55.1 Å². The molecule has 0 N–H and O–H groups in total. The molecule has 0 bridgehead atoms. The van der Waals surface area contributed by atoms with Crippen LogP contribution in [-0.2, 0) is 0 Å². The molecule has 1 aliphatic heterocycles. The minimum absolute atomic E-state index is 0.0759. The number of carbonyl (C=O) groups is 1. The zero-order valence-corrected chi connectivity index (χ0v) is 17.3. The Bertz CT molecular complexity index is 979. The second kappa shape index (κ2) is 7.85. The first-order valence-electron chi connectivity index (χ1n) is 9.09. The minimum Gasteiger partial charge on any atom is -0.352 e. The molecule has 4 rings (SSSR count). The molecule has 0 spiro atoms. The molecule has 0 aliphatic carbocycles. The molecule has 2 aromatic heterocycles. The molecule has 1 aliphatic rings. The van der Waals surface area contributed by atoms with Gasteiger partial charge in [-0.1, -0.05) is 23.7 Å². The number of anilines is 1. The van der Waals surface area contributed by atoms with Gasteiger partial charge < -0.3 is 9.80 Å². The van der Waals surface area contributed by atoms with E-state index >= 15 is 0 Å². The van der Waals surface area contributed by atoms with Crippen molar-refractivity contribution < 1.29 is 4.79 Å². The molecule has 0 saturated carbocycles. The first-order chi connectivity index (χ1) is 13.5. The van der Waals surface area contributed by atoms with Gasteiger partial charge in [0.1, 0.15) is 4.88 Å². The highest BCUT2D eigenvalue weighted by atomic mass is 35.5. The Hall–Kier alpha value is -2.51. The van der Waals surface area contributed by atoms with Crippen molar-refractivity contribution in [1.82, 2.24) is 20.1 Å². The van der Waals surface area contributed by atoms with Gasteiger partial charge in [-0.3, -0.25) is 4.79 Å². The standard InChI is InChI=1S/C20H20ClN5OS/c1-13-19(28-14(2)22-13)20(27)26-11-9-25(10-12-26)18-8-7-17(23-24-18)15-3-5-16(21)6-4-15/h3-8H,9-12H2,1-2H3. The monoisotopic (exact) mass is 413 g/mol. The number of thiazole rings is 1. The quantitative estimate of drug-likeness (QED) is 0.653. The lowest BCUT2D eigenvalue weighted by atomic mass is 10.1. The van der Waals surface area contributed by atoms with E-state index in [0.717, 1.165) is 45.7 Å². The molecule has 1 aromatic carbocycles.